The topological polar surface area (TPSA) is 58.6 Å². The Morgan fingerprint density at radius 3 is 2.58 bits per heavy atom. The van der Waals surface area contributed by atoms with E-state index in [4.69, 9.17) is 4.74 Å². The first kappa shape index (κ1) is 16.6. The summed E-state index contributed by atoms with van der Waals surface area (Å²) in [7, 11) is 0. The molecule has 0 bridgehead atoms. The largest absolute Gasteiger partial charge is 0.455 e. The molecule has 1 N–H and O–H groups in total. The van der Waals surface area contributed by atoms with E-state index in [2.05, 4.69) is 5.32 Å². The maximum Gasteiger partial charge on any atom is 0.231 e. The molecule has 4 rings (SSSR count). The van der Waals surface area contributed by atoms with Gasteiger partial charge in [0.25, 0.3) is 0 Å². The minimum atomic E-state index is -0.328. The van der Waals surface area contributed by atoms with Gasteiger partial charge < -0.3 is 15.0 Å². The standard InChI is InChI=1S/C21H22N2O3/c1-15(24)23-12-11-21(13-16(21)14-23)20(25)22-18-9-5-6-10-19(18)26-17-7-3-2-4-8-17/h2-10,16H,11-14H2,1H3,(H,22,25)/t16-,21-/m0/s1. The van der Waals surface area contributed by atoms with Gasteiger partial charge in [-0.2, -0.15) is 0 Å². The fourth-order valence-electron chi connectivity index (χ4n) is 3.82. The quantitative estimate of drug-likeness (QED) is 0.915. The monoisotopic (exact) mass is 350 g/mol. The van der Waals surface area contributed by atoms with Gasteiger partial charge >= 0.3 is 0 Å². The van der Waals surface area contributed by atoms with Gasteiger partial charge in [0, 0.05) is 20.0 Å². The molecule has 0 aromatic heterocycles. The van der Waals surface area contributed by atoms with Gasteiger partial charge in [-0.3, -0.25) is 9.59 Å². The lowest BCUT2D eigenvalue weighted by Gasteiger charge is -2.30. The maximum atomic E-state index is 12.9. The molecule has 2 atom stereocenters. The zero-order valence-corrected chi connectivity index (χ0v) is 14.8. The number of fused-ring (bicyclic) bond motifs is 1. The van der Waals surface area contributed by atoms with Gasteiger partial charge in [0.1, 0.15) is 5.75 Å². The second-order valence-electron chi connectivity index (χ2n) is 7.14. The van der Waals surface area contributed by atoms with Gasteiger partial charge in [0.15, 0.2) is 5.75 Å². The molecule has 5 nitrogen and oxygen atoms in total. The Hall–Kier alpha value is -2.82. The summed E-state index contributed by atoms with van der Waals surface area (Å²) in [5.74, 6) is 1.75. The Bertz CT molecular complexity index is 836. The molecule has 2 aliphatic rings. The van der Waals surface area contributed by atoms with E-state index in [-0.39, 0.29) is 23.1 Å². The van der Waals surface area contributed by atoms with Crippen LogP contribution in [0.5, 0.6) is 11.5 Å². The molecule has 2 amide bonds. The summed E-state index contributed by atoms with van der Waals surface area (Å²) in [6.07, 6.45) is 1.58. The summed E-state index contributed by atoms with van der Waals surface area (Å²) < 4.78 is 5.93. The lowest BCUT2D eigenvalue weighted by Crippen LogP contribution is -2.41. The number of ether oxygens (including phenoxy) is 1. The Labute approximate surface area is 153 Å². The highest BCUT2D eigenvalue weighted by atomic mass is 16.5. The molecule has 1 saturated heterocycles. The lowest BCUT2D eigenvalue weighted by molar-refractivity contribution is -0.132. The number of likely N-dealkylation sites (tertiary alicyclic amines) is 1. The van der Waals surface area contributed by atoms with E-state index in [0.29, 0.717) is 24.5 Å². The second kappa shape index (κ2) is 6.48. The van der Waals surface area contributed by atoms with E-state index in [1.807, 2.05) is 59.5 Å². The second-order valence-corrected chi connectivity index (χ2v) is 7.14. The van der Waals surface area contributed by atoms with Crippen molar-refractivity contribution < 1.29 is 14.3 Å². The summed E-state index contributed by atoms with van der Waals surface area (Å²) in [5.41, 5.74) is 0.349. The van der Waals surface area contributed by atoms with Crippen LogP contribution in [-0.4, -0.2) is 29.8 Å². The van der Waals surface area contributed by atoms with Crippen LogP contribution in [-0.2, 0) is 9.59 Å². The van der Waals surface area contributed by atoms with E-state index in [0.717, 1.165) is 18.6 Å². The molecule has 5 heteroatoms. The number of benzene rings is 2. The molecular formula is C21H22N2O3. The number of amides is 2. The van der Waals surface area contributed by atoms with Crippen molar-refractivity contribution in [3.05, 3.63) is 54.6 Å². The molecular weight excluding hydrogens is 328 g/mol. The van der Waals surface area contributed by atoms with Crippen LogP contribution in [0.2, 0.25) is 0 Å². The van der Waals surface area contributed by atoms with Crippen molar-refractivity contribution in [2.45, 2.75) is 19.8 Å². The number of anilines is 1. The number of nitrogens with one attached hydrogen (secondary N) is 1. The van der Waals surface area contributed by atoms with Crippen molar-refractivity contribution in [1.82, 2.24) is 4.90 Å². The smallest absolute Gasteiger partial charge is 0.231 e. The average molecular weight is 350 g/mol. The predicted molar refractivity (Wildman–Crippen MR) is 99.0 cm³/mol. The molecule has 2 aromatic rings. The molecule has 1 aliphatic heterocycles. The van der Waals surface area contributed by atoms with E-state index in [1.54, 1.807) is 6.92 Å². The SMILES string of the molecule is CC(=O)N1CC[C@]2(C(=O)Nc3ccccc3Oc3ccccc3)C[C@H]2C1. The highest BCUT2D eigenvalue weighted by Crippen LogP contribution is 2.58. The third-order valence-electron chi connectivity index (χ3n) is 5.50. The predicted octanol–water partition coefficient (Wildman–Crippen LogP) is 3.68. The Kier molecular flexibility index (Phi) is 4.15. The third kappa shape index (κ3) is 3.05. The highest BCUT2D eigenvalue weighted by Gasteiger charge is 2.62. The van der Waals surface area contributed by atoms with Gasteiger partial charge in [-0.05, 0) is 43.0 Å². The van der Waals surface area contributed by atoms with Crippen molar-refractivity contribution in [3.63, 3.8) is 0 Å². The molecule has 1 aliphatic carbocycles. The van der Waals surface area contributed by atoms with Gasteiger partial charge in [-0.25, -0.2) is 0 Å². The van der Waals surface area contributed by atoms with Crippen LogP contribution in [0.25, 0.3) is 0 Å². The minimum Gasteiger partial charge on any atom is -0.455 e. The maximum absolute atomic E-state index is 12.9. The number of rotatable bonds is 4. The van der Waals surface area contributed by atoms with E-state index in [1.165, 1.54) is 0 Å². The normalized spacial score (nSPS) is 23.7. The first-order valence-electron chi connectivity index (χ1n) is 8.97. The molecule has 1 saturated carbocycles. The number of hydrogen-bond donors (Lipinski definition) is 1. The average Bonchev–Trinajstić information content (AvgIpc) is 3.39. The molecule has 0 unspecified atom stereocenters. The van der Waals surface area contributed by atoms with Crippen LogP contribution in [0.15, 0.2) is 54.6 Å². The summed E-state index contributed by atoms with van der Waals surface area (Å²) in [5, 5.41) is 3.06. The van der Waals surface area contributed by atoms with Crippen LogP contribution >= 0.6 is 0 Å². The zero-order chi connectivity index (χ0) is 18.1. The highest BCUT2D eigenvalue weighted by molar-refractivity contribution is 5.99. The van der Waals surface area contributed by atoms with Crippen molar-refractivity contribution in [3.8, 4) is 11.5 Å². The molecule has 1 heterocycles. The van der Waals surface area contributed by atoms with Crippen LogP contribution in [0.3, 0.4) is 0 Å². The molecule has 2 aromatic carbocycles. The molecule has 26 heavy (non-hydrogen) atoms. The van der Waals surface area contributed by atoms with E-state index in [9.17, 15) is 9.59 Å². The van der Waals surface area contributed by atoms with E-state index >= 15 is 0 Å². The number of piperidine rings is 1. The van der Waals surface area contributed by atoms with E-state index < -0.39 is 0 Å². The number of hydrogen-bond acceptors (Lipinski definition) is 3. The fraction of sp³-hybridized carbons (Fsp3) is 0.333. The van der Waals surface area contributed by atoms with Crippen LogP contribution in [0.1, 0.15) is 19.8 Å². The number of carbonyl (C=O) groups excluding carboxylic acids is 2. The molecule has 2 fully saturated rings. The van der Waals surface area contributed by atoms with Gasteiger partial charge in [-0.15, -0.1) is 0 Å². The zero-order valence-electron chi connectivity index (χ0n) is 14.8. The number of carbonyl (C=O) groups is 2. The number of para-hydroxylation sites is 3. The lowest BCUT2D eigenvalue weighted by atomic mass is 9.94. The molecule has 134 valence electrons. The van der Waals surface area contributed by atoms with Crippen molar-refractivity contribution >= 4 is 17.5 Å². The fourth-order valence-corrected chi connectivity index (χ4v) is 3.82. The Balaban J connectivity index is 1.47. The summed E-state index contributed by atoms with van der Waals surface area (Å²) in [4.78, 5) is 26.3. The van der Waals surface area contributed by atoms with Crippen LogP contribution in [0, 0.1) is 11.3 Å². The Morgan fingerprint density at radius 1 is 1.12 bits per heavy atom. The van der Waals surface area contributed by atoms with Crippen molar-refractivity contribution in [2.24, 2.45) is 11.3 Å². The molecule has 0 spiro atoms. The summed E-state index contributed by atoms with van der Waals surface area (Å²) in [6.45, 7) is 2.93. The van der Waals surface area contributed by atoms with Crippen molar-refractivity contribution in [1.29, 1.82) is 0 Å². The molecule has 0 radical (unpaired) electrons. The third-order valence-corrected chi connectivity index (χ3v) is 5.50. The summed E-state index contributed by atoms with van der Waals surface area (Å²) in [6, 6.07) is 17.0. The Morgan fingerprint density at radius 2 is 1.85 bits per heavy atom. The van der Waals surface area contributed by atoms with Gasteiger partial charge in [0.05, 0.1) is 11.1 Å². The first-order chi connectivity index (χ1) is 12.6. The number of nitrogens with zero attached hydrogens (tertiary/aromatic N) is 1. The van der Waals surface area contributed by atoms with Gasteiger partial charge in [-0.1, -0.05) is 30.3 Å². The van der Waals surface area contributed by atoms with Gasteiger partial charge in [0.2, 0.25) is 11.8 Å². The first-order valence-corrected chi connectivity index (χ1v) is 8.97. The van der Waals surface area contributed by atoms with Crippen molar-refractivity contribution in [2.75, 3.05) is 18.4 Å². The van der Waals surface area contributed by atoms with Crippen LogP contribution < -0.4 is 10.1 Å². The van der Waals surface area contributed by atoms with Crippen LogP contribution in [0.4, 0.5) is 5.69 Å². The minimum absolute atomic E-state index is 0.0369. The summed E-state index contributed by atoms with van der Waals surface area (Å²) >= 11 is 0.